The van der Waals surface area contributed by atoms with Crippen LogP contribution in [0.2, 0.25) is 0 Å². The lowest BCUT2D eigenvalue weighted by molar-refractivity contribution is -0.385. The molecular formula is C20H24N2O6. The van der Waals surface area contributed by atoms with Crippen molar-refractivity contribution in [2.45, 2.75) is 26.7 Å². The molecule has 2 aromatic rings. The van der Waals surface area contributed by atoms with E-state index in [9.17, 15) is 14.9 Å². The minimum atomic E-state index is -0.556. The Morgan fingerprint density at radius 3 is 2.32 bits per heavy atom. The Hall–Kier alpha value is -3.29. The maximum Gasteiger partial charge on any atom is 0.310 e. The smallest absolute Gasteiger partial charge is 0.310 e. The van der Waals surface area contributed by atoms with E-state index in [0.717, 1.165) is 12.8 Å². The Morgan fingerprint density at radius 2 is 1.64 bits per heavy atom. The molecule has 0 spiro atoms. The number of hydrogen-bond acceptors (Lipinski definition) is 6. The molecule has 8 heteroatoms. The fourth-order valence-electron chi connectivity index (χ4n) is 2.31. The number of para-hydroxylation sites is 2. The Morgan fingerprint density at radius 1 is 0.964 bits per heavy atom. The minimum Gasteiger partial charge on any atom is -0.490 e. The predicted octanol–water partition coefficient (Wildman–Crippen LogP) is 4.19. The lowest BCUT2D eigenvalue weighted by Gasteiger charge is -2.14. The quantitative estimate of drug-likeness (QED) is 0.458. The number of rotatable bonds is 11. The monoisotopic (exact) mass is 388 g/mol. The van der Waals surface area contributed by atoms with Crippen molar-refractivity contribution in [2.24, 2.45) is 0 Å². The van der Waals surface area contributed by atoms with Gasteiger partial charge in [0.25, 0.3) is 5.91 Å². The van der Waals surface area contributed by atoms with Crippen molar-refractivity contribution in [3.8, 4) is 17.2 Å². The van der Waals surface area contributed by atoms with Crippen molar-refractivity contribution < 1.29 is 23.9 Å². The highest BCUT2D eigenvalue weighted by atomic mass is 16.6. The first-order chi connectivity index (χ1) is 13.5. The first kappa shape index (κ1) is 21.0. The van der Waals surface area contributed by atoms with Crippen LogP contribution in [0.3, 0.4) is 0 Å². The van der Waals surface area contributed by atoms with Crippen molar-refractivity contribution in [3.05, 3.63) is 52.6 Å². The summed E-state index contributed by atoms with van der Waals surface area (Å²) in [5, 5.41) is 13.7. The Labute approximate surface area is 163 Å². The number of carbonyl (C=O) groups is 1. The second-order valence-corrected chi connectivity index (χ2v) is 5.92. The van der Waals surface area contributed by atoms with Gasteiger partial charge in [0.05, 0.1) is 18.1 Å². The van der Waals surface area contributed by atoms with Crippen LogP contribution in [0.25, 0.3) is 0 Å². The fraction of sp³-hybridized carbons (Fsp3) is 0.350. The molecule has 0 aliphatic carbocycles. The first-order valence-corrected chi connectivity index (χ1v) is 9.10. The van der Waals surface area contributed by atoms with Gasteiger partial charge in [-0.1, -0.05) is 26.0 Å². The van der Waals surface area contributed by atoms with Gasteiger partial charge in [-0.05, 0) is 31.0 Å². The Bertz CT molecular complexity index is 809. The van der Waals surface area contributed by atoms with Gasteiger partial charge >= 0.3 is 5.69 Å². The average molecular weight is 388 g/mol. The number of benzene rings is 2. The molecule has 2 rings (SSSR count). The summed E-state index contributed by atoms with van der Waals surface area (Å²) in [5.41, 5.74) is 0.328. The number of amides is 1. The van der Waals surface area contributed by atoms with Crippen molar-refractivity contribution in [3.63, 3.8) is 0 Å². The molecule has 0 bridgehead atoms. The van der Waals surface area contributed by atoms with Crippen LogP contribution in [0.15, 0.2) is 42.5 Å². The molecule has 0 unspecified atom stereocenters. The second-order valence-electron chi connectivity index (χ2n) is 5.92. The van der Waals surface area contributed by atoms with Gasteiger partial charge in [-0.15, -0.1) is 0 Å². The Kier molecular flexibility index (Phi) is 8.08. The highest BCUT2D eigenvalue weighted by Crippen LogP contribution is 2.31. The second kappa shape index (κ2) is 10.8. The lowest BCUT2D eigenvalue weighted by Crippen LogP contribution is -2.20. The molecule has 0 radical (unpaired) electrons. The van der Waals surface area contributed by atoms with Crippen LogP contribution in [-0.2, 0) is 4.79 Å². The van der Waals surface area contributed by atoms with E-state index in [1.807, 2.05) is 13.8 Å². The molecule has 0 aliphatic rings. The van der Waals surface area contributed by atoms with Crippen LogP contribution in [0, 0.1) is 10.1 Å². The van der Waals surface area contributed by atoms with Crippen LogP contribution in [0.1, 0.15) is 26.7 Å². The molecule has 8 nitrogen and oxygen atoms in total. The zero-order valence-electron chi connectivity index (χ0n) is 16.0. The molecule has 150 valence electrons. The number of hydrogen-bond donors (Lipinski definition) is 1. The number of nitro benzene ring substituents is 1. The van der Waals surface area contributed by atoms with Gasteiger partial charge in [0.1, 0.15) is 0 Å². The van der Waals surface area contributed by atoms with Gasteiger partial charge in [-0.25, -0.2) is 0 Å². The topological polar surface area (TPSA) is 99.9 Å². The summed E-state index contributed by atoms with van der Waals surface area (Å²) in [6.07, 6.45) is 1.71. The minimum absolute atomic E-state index is 0.0398. The number of ether oxygens (including phenoxy) is 3. The largest absolute Gasteiger partial charge is 0.490 e. The van der Waals surface area contributed by atoms with E-state index in [1.54, 1.807) is 24.3 Å². The Balaban J connectivity index is 2.02. The van der Waals surface area contributed by atoms with Crippen molar-refractivity contribution in [1.82, 2.24) is 0 Å². The summed E-state index contributed by atoms with van der Waals surface area (Å²) < 4.78 is 16.6. The summed E-state index contributed by atoms with van der Waals surface area (Å²) in [7, 11) is 0. The number of carbonyl (C=O) groups excluding carboxylic acids is 1. The molecular weight excluding hydrogens is 364 g/mol. The summed E-state index contributed by atoms with van der Waals surface area (Å²) in [6, 6.07) is 11.0. The van der Waals surface area contributed by atoms with Gasteiger partial charge < -0.3 is 19.5 Å². The van der Waals surface area contributed by atoms with Crippen LogP contribution >= 0.6 is 0 Å². The zero-order chi connectivity index (χ0) is 20.4. The molecule has 0 aliphatic heterocycles. The van der Waals surface area contributed by atoms with Crippen molar-refractivity contribution in [2.75, 3.05) is 25.1 Å². The lowest BCUT2D eigenvalue weighted by atomic mass is 10.2. The van der Waals surface area contributed by atoms with E-state index in [4.69, 9.17) is 14.2 Å². The van der Waals surface area contributed by atoms with E-state index in [2.05, 4.69) is 5.32 Å². The normalized spacial score (nSPS) is 10.2. The fourth-order valence-corrected chi connectivity index (χ4v) is 2.31. The molecule has 0 fully saturated rings. The predicted molar refractivity (Wildman–Crippen MR) is 105 cm³/mol. The van der Waals surface area contributed by atoms with Crippen LogP contribution < -0.4 is 19.5 Å². The third-order valence-corrected chi connectivity index (χ3v) is 3.57. The summed E-state index contributed by atoms with van der Waals surface area (Å²) in [6.45, 7) is 4.75. The molecule has 1 N–H and O–H groups in total. The molecule has 28 heavy (non-hydrogen) atoms. The molecule has 0 saturated carbocycles. The van der Waals surface area contributed by atoms with E-state index >= 15 is 0 Å². The molecule has 0 heterocycles. The molecule has 0 saturated heterocycles. The average Bonchev–Trinajstić information content (AvgIpc) is 2.70. The van der Waals surface area contributed by atoms with Gasteiger partial charge in [-0.2, -0.15) is 0 Å². The molecule has 2 aromatic carbocycles. The third-order valence-electron chi connectivity index (χ3n) is 3.57. The van der Waals surface area contributed by atoms with E-state index in [-0.39, 0.29) is 18.0 Å². The highest BCUT2D eigenvalue weighted by Gasteiger charge is 2.15. The van der Waals surface area contributed by atoms with Gasteiger partial charge in [-0.3, -0.25) is 14.9 Å². The number of nitro groups is 1. The number of nitrogens with one attached hydrogen (secondary N) is 1. The maximum atomic E-state index is 12.2. The SMILES string of the molecule is CCCOc1ccc(NC(=O)COc2ccccc2[N+](=O)[O-])cc1OCCC. The maximum absolute atomic E-state index is 12.2. The first-order valence-electron chi connectivity index (χ1n) is 9.10. The van der Waals surface area contributed by atoms with Crippen LogP contribution in [0.5, 0.6) is 17.2 Å². The van der Waals surface area contributed by atoms with Crippen molar-refractivity contribution >= 4 is 17.3 Å². The molecule has 0 atom stereocenters. The van der Waals surface area contributed by atoms with E-state index < -0.39 is 10.8 Å². The molecule has 1 amide bonds. The van der Waals surface area contributed by atoms with Crippen molar-refractivity contribution in [1.29, 1.82) is 0 Å². The standard InChI is InChI=1S/C20H24N2O6/c1-3-11-26-18-10-9-15(13-19(18)27-12-4-2)21-20(23)14-28-17-8-6-5-7-16(17)22(24)25/h5-10,13H,3-4,11-12,14H2,1-2H3,(H,21,23). The van der Waals surface area contributed by atoms with Gasteiger partial charge in [0.2, 0.25) is 0 Å². The van der Waals surface area contributed by atoms with Crippen LogP contribution in [0.4, 0.5) is 11.4 Å². The van der Waals surface area contributed by atoms with E-state index in [0.29, 0.717) is 30.4 Å². The summed E-state index contributed by atoms with van der Waals surface area (Å²) in [5.74, 6) is 0.761. The third kappa shape index (κ3) is 6.15. The number of anilines is 1. The van der Waals surface area contributed by atoms with Gasteiger partial charge in [0.15, 0.2) is 23.9 Å². The zero-order valence-corrected chi connectivity index (χ0v) is 16.0. The van der Waals surface area contributed by atoms with E-state index in [1.165, 1.54) is 18.2 Å². The number of nitrogens with zero attached hydrogens (tertiary/aromatic N) is 1. The van der Waals surface area contributed by atoms with Crippen LogP contribution in [-0.4, -0.2) is 30.7 Å². The van der Waals surface area contributed by atoms with Gasteiger partial charge in [0, 0.05) is 17.8 Å². The summed E-state index contributed by atoms with van der Waals surface area (Å²) in [4.78, 5) is 22.6. The summed E-state index contributed by atoms with van der Waals surface area (Å²) >= 11 is 0. The molecule has 0 aromatic heterocycles. The highest BCUT2D eigenvalue weighted by molar-refractivity contribution is 5.92.